The van der Waals surface area contributed by atoms with E-state index in [9.17, 15) is 19.2 Å². The van der Waals surface area contributed by atoms with Crippen molar-refractivity contribution in [2.24, 2.45) is 11.7 Å². The van der Waals surface area contributed by atoms with Crippen LogP contribution in [0.3, 0.4) is 0 Å². The van der Waals surface area contributed by atoms with Crippen molar-refractivity contribution < 1.29 is 23.9 Å². The molecule has 9 heteroatoms. The number of nitrogens with one attached hydrogen (secondary N) is 2. The molecule has 1 saturated heterocycles. The molecule has 1 heterocycles. The first-order chi connectivity index (χ1) is 13.1. The maximum Gasteiger partial charge on any atom is 0.410 e. The SMILES string of the molecule is CCCCOC(=O)N1CCC[C@@H]1C(=O)NC(=O)CNC(=O)[C@@](C)(N)CC(C)C. The quantitative estimate of drug-likeness (QED) is 0.495. The molecule has 0 aromatic heterocycles. The molecule has 1 rings (SSSR count). The minimum Gasteiger partial charge on any atom is -0.449 e. The molecule has 0 aliphatic carbocycles. The summed E-state index contributed by atoms with van der Waals surface area (Å²) in [6.07, 6.45) is 2.70. The molecule has 2 atom stereocenters. The first kappa shape index (κ1) is 23.9. The summed E-state index contributed by atoms with van der Waals surface area (Å²) in [5.74, 6) is -1.45. The Labute approximate surface area is 166 Å². The Morgan fingerprint density at radius 1 is 1.29 bits per heavy atom. The number of rotatable bonds is 9. The average molecular weight is 399 g/mol. The highest BCUT2D eigenvalue weighted by Crippen LogP contribution is 2.18. The van der Waals surface area contributed by atoms with Gasteiger partial charge in [-0.1, -0.05) is 27.2 Å². The lowest BCUT2D eigenvalue weighted by atomic mass is 9.91. The predicted molar refractivity (Wildman–Crippen MR) is 104 cm³/mol. The summed E-state index contributed by atoms with van der Waals surface area (Å²) < 4.78 is 5.15. The second kappa shape index (κ2) is 11.0. The number of amides is 4. The first-order valence-electron chi connectivity index (χ1n) is 9.92. The lowest BCUT2D eigenvalue weighted by Gasteiger charge is -2.25. The van der Waals surface area contributed by atoms with Gasteiger partial charge in [-0.15, -0.1) is 0 Å². The van der Waals surface area contributed by atoms with Gasteiger partial charge in [-0.05, 0) is 38.5 Å². The van der Waals surface area contributed by atoms with E-state index in [0.717, 1.165) is 12.8 Å². The van der Waals surface area contributed by atoms with Crippen LogP contribution in [0.5, 0.6) is 0 Å². The van der Waals surface area contributed by atoms with Crippen molar-refractivity contribution in [1.29, 1.82) is 0 Å². The van der Waals surface area contributed by atoms with E-state index < -0.39 is 35.4 Å². The summed E-state index contributed by atoms with van der Waals surface area (Å²) in [6, 6.07) is -0.741. The molecular weight excluding hydrogens is 364 g/mol. The molecule has 0 unspecified atom stereocenters. The number of likely N-dealkylation sites (tertiary alicyclic amines) is 1. The molecule has 1 fully saturated rings. The van der Waals surface area contributed by atoms with Crippen molar-refractivity contribution in [3.63, 3.8) is 0 Å². The van der Waals surface area contributed by atoms with E-state index in [1.54, 1.807) is 6.92 Å². The van der Waals surface area contributed by atoms with Gasteiger partial charge in [0.25, 0.3) is 0 Å². The van der Waals surface area contributed by atoms with Gasteiger partial charge in [0.05, 0.1) is 18.7 Å². The van der Waals surface area contributed by atoms with E-state index in [2.05, 4.69) is 10.6 Å². The third-order valence-corrected chi connectivity index (χ3v) is 4.54. The van der Waals surface area contributed by atoms with E-state index in [0.29, 0.717) is 32.4 Å². The van der Waals surface area contributed by atoms with E-state index in [1.807, 2.05) is 20.8 Å². The monoisotopic (exact) mass is 398 g/mol. The third kappa shape index (κ3) is 7.46. The summed E-state index contributed by atoms with van der Waals surface area (Å²) in [7, 11) is 0. The van der Waals surface area contributed by atoms with Gasteiger partial charge >= 0.3 is 6.09 Å². The van der Waals surface area contributed by atoms with Crippen LogP contribution < -0.4 is 16.4 Å². The molecule has 160 valence electrons. The molecule has 0 aromatic rings. The second-order valence-electron chi connectivity index (χ2n) is 7.93. The van der Waals surface area contributed by atoms with Crippen LogP contribution >= 0.6 is 0 Å². The lowest BCUT2D eigenvalue weighted by molar-refractivity contribution is -0.134. The fourth-order valence-electron chi connectivity index (χ4n) is 3.21. The molecule has 28 heavy (non-hydrogen) atoms. The number of hydrogen-bond acceptors (Lipinski definition) is 6. The number of carbonyl (C=O) groups is 4. The Balaban J connectivity index is 2.49. The van der Waals surface area contributed by atoms with Crippen molar-refractivity contribution in [3.8, 4) is 0 Å². The van der Waals surface area contributed by atoms with Crippen molar-refractivity contribution >= 4 is 23.8 Å². The average Bonchev–Trinajstić information content (AvgIpc) is 3.08. The molecule has 0 bridgehead atoms. The van der Waals surface area contributed by atoms with E-state index in [4.69, 9.17) is 10.5 Å². The minimum absolute atomic E-state index is 0.224. The van der Waals surface area contributed by atoms with Crippen LogP contribution in [0.1, 0.15) is 59.8 Å². The molecular formula is C19H34N4O5. The second-order valence-corrected chi connectivity index (χ2v) is 7.93. The van der Waals surface area contributed by atoms with E-state index >= 15 is 0 Å². The van der Waals surface area contributed by atoms with Crippen LogP contribution in [0.25, 0.3) is 0 Å². The first-order valence-corrected chi connectivity index (χ1v) is 9.92. The van der Waals surface area contributed by atoms with Gasteiger partial charge in [-0.3, -0.25) is 24.6 Å². The number of nitrogens with two attached hydrogens (primary N) is 1. The van der Waals surface area contributed by atoms with Gasteiger partial charge in [0.15, 0.2) is 0 Å². The number of ether oxygens (including phenoxy) is 1. The fraction of sp³-hybridized carbons (Fsp3) is 0.789. The van der Waals surface area contributed by atoms with Gasteiger partial charge in [0.1, 0.15) is 6.04 Å². The number of nitrogens with zero attached hydrogens (tertiary/aromatic N) is 1. The van der Waals surface area contributed by atoms with Crippen LogP contribution in [0.4, 0.5) is 4.79 Å². The highest BCUT2D eigenvalue weighted by molar-refractivity contribution is 6.01. The van der Waals surface area contributed by atoms with Crippen LogP contribution in [0, 0.1) is 5.92 Å². The highest BCUT2D eigenvalue weighted by Gasteiger charge is 2.36. The molecule has 4 amide bonds. The van der Waals surface area contributed by atoms with Gasteiger partial charge in [-0.25, -0.2) is 4.79 Å². The molecule has 9 nitrogen and oxygen atoms in total. The normalized spacial score (nSPS) is 18.5. The van der Waals surface area contributed by atoms with Crippen LogP contribution in [-0.2, 0) is 19.1 Å². The zero-order chi connectivity index (χ0) is 21.3. The van der Waals surface area contributed by atoms with Gasteiger partial charge in [-0.2, -0.15) is 0 Å². The molecule has 1 aliphatic heterocycles. The highest BCUT2D eigenvalue weighted by atomic mass is 16.6. The summed E-state index contributed by atoms with van der Waals surface area (Å²) in [6.45, 7) is 7.85. The van der Waals surface area contributed by atoms with Crippen molar-refractivity contribution in [1.82, 2.24) is 15.5 Å². The van der Waals surface area contributed by atoms with Crippen molar-refractivity contribution in [2.45, 2.75) is 71.4 Å². The number of imide groups is 1. The third-order valence-electron chi connectivity index (χ3n) is 4.54. The standard InChI is InChI=1S/C19H34N4O5/c1-5-6-10-28-18(27)23-9-7-8-14(23)16(25)22-15(24)12-21-17(26)19(4,20)11-13(2)3/h13-14H,5-12,20H2,1-4H3,(H,21,26)(H,22,24,25)/t14-,19+/m1/s1. The number of unbranched alkanes of at least 4 members (excludes halogenated alkanes) is 1. The minimum atomic E-state index is -1.09. The smallest absolute Gasteiger partial charge is 0.410 e. The Morgan fingerprint density at radius 2 is 1.96 bits per heavy atom. The Kier molecular flexibility index (Phi) is 9.37. The fourth-order valence-corrected chi connectivity index (χ4v) is 3.21. The Morgan fingerprint density at radius 3 is 2.57 bits per heavy atom. The van der Waals surface area contributed by atoms with Gasteiger partial charge in [0, 0.05) is 6.54 Å². The van der Waals surface area contributed by atoms with Crippen LogP contribution in [-0.4, -0.2) is 60.0 Å². The Hall–Kier alpha value is -2.16. The van der Waals surface area contributed by atoms with Gasteiger partial charge < -0.3 is 15.8 Å². The molecule has 4 N–H and O–H groups in total. The Bertz CT molecular complexity index is 577. The van der Waals surface area contributed by atoms with Crippen LogP contribution in [0.2, 0.25) is 0 Å². The van der Waals surface area contributed by atoms with Gasteiger partial charge in [0.2, 0.25) is 17.7 Å². The lowest BCUT2D eigenvalue weighted by Crippen LogP contribution is -2.55. The van der Waals surface area contributed by atoms with E-state index in [-0.39, 0.29) is 12.5 Å². The van der Waals surface area contributed by atoms with Crippen LogP contribution in [0.15, 0.2) is 0 Å². The number of hydrogen-bond donors (Lipinski definition) is 3. The van der Waals surface area contributed by atoms with Crippen molar-refractivity contribution in [2.75, 3.05) is 19.7 Å². The topological polar surface area (TPSA) is 131 Å². The predicted octanol–water partition coefficient (Wildman–Crippen LogP) is 0.910. The zero-order valence-corrected chi connectivity index (χ0v) is 17.4. The molecule has 0 aromatic carbocycles. The summed E-state index contributed by atoms with van der Waals surface area (Å²) in [5, 5.41) is 4.70. The number of carbonyl (C=O) groups excluding carboxylic acids is 4. The molecule has 0 saturated carbocycles. The zero-order valence-electron chi connectivity index (χ0n) is 17.4. The molecule has 0 radical (unpaired) electrons. The molecule has 1 aliphatic rings. The maximum atomic E-state index is 12.4. The largest absolute Gasteiger partial charge is 0.449 e. The summed E-state index contributed by atoms with van der Waals surface area (Å²) in [5.41, 5.74) is 4.89. The summed E-state index contributed by atoms with van der Waals surface area (Å²) in [4.78, 5) is 50.0. The molecule has 0 spiro atoms. The summed E-state index contributed by atoms with van der Waals surface area (Å²) >= 11 is 0. The van der Waals surface area contributed by atoms with Crippen molar-refractivity contribution in [3.05, 3.63) is 0 Å². The van der Waals surface area contributed by atoms with E-state index in [1.165, 1.54) is 4.90 Å². The maximum absolute atomic E-state index is 12.4.